The zero-order chi connectivity index (χ0) is 19.9. The van der Waals surface area contributed by atoms with Gasteiger partial charge in [-0.2, -0.15) is 13.2 Å². The second kappa shape index (κ2) is 6.53. The molecule has 5 nitrogen and oxygen atoms in total. The fraction of sp³-hybridized carbons (Fsp3) is 0.211. The number of anilines is 1. The molecule has 0 atom stereocenters. The van der Waals surface area contributed by atoms with E-state index in [0.717, 1.165) is 0 Å². The Morgan fingerprint density at radius 3 is 2.07 bits per heavy atom. The number of carbonyl (C=O) groups is 3. The van der Waals surface area contributed by atoms with E-state index in [1.54, 1.807) is 38.1 Å². The second-order valence-corrected chi connectivity index (χ2v) is 6.25. The van der Waals surface area contributed by atoms with Crippen LogP contribution in [0.25, 0.3) is 0 Å². The van der Waals surface area contributed by atoms with Gasteiger partial charge in [0.2, 0.25) is 0 Å². The minimum absolute atomic E-state index is 0.00567. The first kappa shape index (κ1) is 18.6. The van der Waals surface area contributed by atoms with Gasteiger partial charge >= 0.3 is 12.1 Å². The molecule has 0 aliphatic carbocycles. The molecule has 2 aromatic rings. The molecule has 1 aliphatic heterocycles. The van der Waals surface area contributed by atoms with Crippen LogP contribution in [0.4, 0.5) is 18.9 Å². The molecule has 0 bridgehead atoms. The molecule has 0 fully saturated rings. The third-order valence-electron chi connectivity index (χ3n) is 4.30. The lowest BCUT2D eigenvalue weighted by Gasteiger charge is -2.29. The Kier molecular flexibility index (Phi) is 4.51. The summed E-state index contributed by atoms with van der Waals surface area (Å²) < 4.78 is 39.5. The molecule has 0 N–H and O–H groups in total. The zero-order valence-electron chi connectivity index (χ0n) is 14.5. The molecule has 0 aromatic heterocycles. The number of halogens is 3. The van der Waals surface area contributed by atoms with Gasteiger partial charge < -0.3 is 0 Å². The molecule has 0 radical (unpaired) electrons. The number of hydrogen-bond donors (Lipinski definition) is 0. The lowest BCUT2D eigenvalue weighted by molar-refractivity contribution is -0.170. The van der Waals surface area contributed by atoms with Gasteiger partial charge in [0, 0.05) is 5.69 Å². The highest BCUT2D eigenvalue weighted by atomic mass is 19.4. The van der Waals surface area contributed by atoms with E-state index < -0.39 is 30.6 Å². The van der Waals surface area contributed by atoms with Crippen LogP contribution < -0.4 is 4.90 Å². The van der Waals surface area contributed by atoms with Crippen LogP contribution in [-0.2, 0) is 4.79 Å². The van der Waals surface area contributed by atoms with E-state index in [0.29, 0.717) is 20.9 Å². The van der Waals surface area contributed by atoms with Crippen molar-refractivity contribution in [2.75, 3.05) is 11.6 Å². The van der Waals surface area contributed by atoms with Gasteiger partial charge in [-0.05, 0) is 43.2 Å². The van der Waals surface area contributed by atoms with Crippen LogP contribution in [0.1, 0.15) is 31.8 Å². The molecule has 0 unspecified atom stereocenters. The summed E-state index contributed by atoms with van der Waals surface area (Å²) in [5, 5.41) is 0. The topological polar surface area (TPSA) is 57.7 Å². The van der Waals surface area contributed by atoms with E-state index >= 15 is 0 Å². The highest BCUT2D eigenvalue weighted by molar-refractivity contribution is 6.21. The molecule has 0 spiro atoms. The average Bonchev–Trinajstić information content (AvgIpc) is 2.85. The van der Waals surface area contributed by atoms with Crippen LogP contribution in [0.5, 0.6) is 0 Å². The molecule has 1 aliphatic rings. The van der Waals surface area contributed by atoms with Crippen molar-refractivity contribution in [2.24, 2.45) is 0 Å². The number of benzene rings is 2. The summed E-state index contributed by atoms with van der Waals surface area (Å²) in [5.74, 6) is -3.62. The molecule has 3 rings (SSSR count). The average molecular weight is 376 g/mol. The number of amides is 3. The summed E-state index contributed by atoms with van der Waals surface area (Å²) in [6.07, 6.45) is -5.16. The van der Waals surface area contributed by atoms with E-state index in [-0.39, 0.29) is 16.8 Å². The number of hydrogen-bond acceptors (Lipinski definition) is 3. The molecule has 2 aromatic carbocycles. The van der Waals surface area contributed by atoms with Gasteiger partial charge in [0.05, 0.1) is 11.1 Å². The Morgan fingerprint density at radius 1 is 1.00 bits per heavy atom. The first-order valence-corrected chi connectivity index (χ1v) is 8.02. The van der Waals surface area contributed by atoms with Crippen molar-refractivity contribution >= 4 is 23.4 Å². The molecule has 0 saturated heterocycles. The Morgan fingerprint density at radius 2 is 1.56 bits per heavy atom. The Labute approximate surface area is 153 Å². The number of imide groups is 1. The third-order valence-corrected chi connectivity index (χ3v) is 4.30. The number of carbonyl (C=O) groups excluding carboxylic acids is 3. The summed E-state index contributed by atoms with van der Waals surface area (Å²) in [6.45, 7) is 2.39. The van der Waals surface area contributed by atoms with Crippen molar-refractivity contribution in [3.8, 4) is 0 Å². The molecule has 1 heterocycles. The Bertz CT molecular complexity index is 918. The van der Waals surface area contributed by atoms with Crippen LogP contribution in [-0.4, -0.2) is 35.5 Å². The van der Waals surface area contributed by atoms with E-state index in [2.05, 4.69) is 0 Å². The van der Waals surface area contributed by atoms with Crippen molar-refractivity contribution in [1.29, 1.82) is 0 Å². The molecular formula is C19H15F3N2O3. The van der Waals surface area contributed by atoms with Crippen LogP contribution in [0.15, 0.2) is 42.5 Å². The van der Waals surface area contributed by atoms with Gasteiger partial charge in [-0.3, -0.25) is 24.2 Å². The van der Waals surface area contributed by atoms with E-state index in [1.165, 1.54) is 18.2 Å². The fourth-order valence-electron chi connectivity index (χ4n) is 2.92. The minimum Gasteiger partial charge on any atom is -0.285 e. The summed E-state index contributed by atoms with van der Waals surface area (Å²) >= 11 is 0. The van der Waals surface area contributed by atoms with Gasteiger partial charge in [-0.15, -0.1) is 0 Å². The number of alkyl halides is 3. The van der Waals surface area contributed by atoms with Gasteiger partial charge in [0.15, 0.2) is 0 Å². The van der Waals surface area contributed by atoms with Crippen molar-refractivity contribution in [3.05, 3.63) is 64.7 Å². The van der Waals surface area contributed by atoms with Gasteiger partial charge in [0.1, 0.15) is 6.67 Å². The molecule has 140 valence electrons. The van der Waals surface area contributed by atoms with Gasteiger partial charge in [0.25, 0.3) is 11.8 Å². The van der Waals surface area contributed by atoms with E-state index in [4.69, 9.17) is 0 Å². The first-order valence-electron chi connectivity index (χ1n) is 8.02. The van der Waals surface area contributed by atoms with Crippen molar-refractivity contribution < 1.29 is 27.6 Å². The third kappa shape index (κ3) is 3.30. The predicted molar refractivity (Wildman–Crippen MR) is 91.3 cm³/mol. The summed E-state index contributed by atoms with van der Waals surface area (Å²) in [6, 6.07) is 10.6. The smallest absolute Gasteiger partial charge is 0.285 e. The number of rotatable bonds is 3. The maximum absolute atomic E-state index is 13.2. The normalized spacial score (nSPS) is 13.7. The lowest BCUT2D eigenvalue weighted by Crippen LogP contribution is -2.49. The predicted octanol–water partition coefficient (Wildman–Crippen LogP) is 3.45. The van der Waals surface area contributed by atoms with Crippen LogP contribution in [0.3, 0.4) is 0 Å². The standard InChI is InChI=1S/C19H15F3N2O3/c1-11-7-8-12(2)15(9-11)23(18(27)19(20,21)22)10-24-16(25)13-5-3-4-6-14(13)17(24)26/h3-9H,10H2,1-2H3. The second-order valence-electron chi connectivity index (χ2n) is 6.25. The Balaban J connectivity index is 2.03. The maximum Gasteiger partial charge on any atom is 0.471 e. The quantitative estimate of drug-likeness (QED) is 0.771. The first-order chi connectivity index (χ1) is 12.6. The van der Waals surface area contributed by atoms with Crippen molar-refractivity contribution in [2.45, 2.75) is 20.0 Å². The largest absolute Gasteiger partial charge is 0.471 e. The van der Waals surface area contributed by atoms with Crippen molar-refractivity contribution in [3.63, 3.8) is 0 Å². The molecule has 8 heteroatoms. The highest BCUT2D eigenvalue weighted by Gasteiger charge is 2.46. The van der Waals surface area contributed by atoms with Crippen molar-refractivity contribution in [1.82, 2.24) is 4.90 Å². The van der Waals surface area contributed by atoms with Crippen LogP contribution >= 0.6 is 0 Å². The number of fused-ring (bicyclic) bond motifs is 1. The molecular weight excluding hydrogens is 361 g/mol. The lowest BCUT2D eigenvalue weighted by atomic mass is 10.1. The summed E-state index contributed by atoms with van der Waals surface area (Å²) in [7, 11) is 0. The highest BCUT2D eigenvalue weighted by Crippen LogP contribution is 2.30. The minimum atomic E-state index is -5.16. The Hall–Kier alpha value is -3.16. The van der Waals surface area contributed by atoms with E-state index in [1.807, 2.05) is 0 Å². The van der Waals surface area contributed by atoms with Gasteiger partial charge in [-0.25, -0.2) is 0 Å². The molecule has 3 amide bonds. The van der Waals surface area contributed by atoms with Gasteiger partial charge in [-0.1, -0.05) is 24.3 Å². The van der Waals surface area contributed by atoms with Crippen LogP contribution in [0.2, 0.25) is 0 Å². The zero-order valence-corrected chi connectivity index (χ0v) is 14.5. The summed E-state index contributed by atoms with van der Waals surface area (Å²) in [4.78, 5) is 38.1. The molecule has 27 heavy (non-hydrogen) atoms. The number of nitrogens with zero attached hydrogens (tertiary/aromatic N) is 2. The SMILES string of the molecule is Cc1ccc(C)c(N(CN2C(=O)c3ccccc3C2=O)C(=O)C(F)(F)F)c1. The fourth-order valence-corrected chi connectivity index (χ4v) is 2.92. The maximum atomic E-state index is 13.2. The van der Waals surface area contributed by atoms with Crippen LogP contribution in [0, 0.1) is 13.8 Å². The number of aryl methyl sites for hydroxylation is 2. The van der Waals surface area contributed by atoms with E-state index in [9.17, 15) is 27.6 Å². The summed E-state index contributed by atoms with van der Waals surface area (Å²) in [5.41, 5.74) is 1.24. The molecule has 0 saturated carbocycles. The monoisotopic (exact) mass is 376 g/mol.